The van der Waals surface area contributed by atoms with Gasteiger partial charge in [0.15, 0.2) is 0 Å². The van der Waals surface area contributed by atoms with Gasteiger partial charge in [-0.1, -0.05) is 32.6 Å². The number of hydrogen-bond acceptors (Lipinski definition) is 2. The fraction of sp³-hybridized carbons (Fsp3) is 0.412. The van der Waals surface area contributed by atoms with Gasteiger partial charge in [-0.2, -0.15) is 0 Å². The van der Waals surface area contributed by atoms with Crippen molar-refractivity contribution < 1.29 is 0 Å². The lowest BCUT2D eigenvalue weighted by atomic mass is 10.0. The number of nitrogens with one attached hydrogen (secondary N) is 1. The number of unbranched alkanes of at least 4 members (excludes halogenated alkanes) is 1. The summed E-state index contributed by atoms with van der Waals surface area (Å²) in [6.07, 6.45) is 4.23. The highest BCUT2D eigenvalue weighted by molar-refractivity contribution is 5.66. The zero-order valence-corrected chi connectivity index (χ0v) is 12.7. The van der Waals surface area contributed by atoms with Gasteiger partial charge in [-0.15, -0.1) is 0 Å². The third-order valence-electron chi connectivity index (χ3n) is 3.37. The standard InChI is InChI=1S/C17H26N2/c1-7-9-10-19(15(5)18-6)17-13(3)11-16(8-2)12-14(17)4/h8,11-12,18H,2,5,7,9-10H2,1,3-4,6H3. The van der Waals surface area contributed by atoms with Crippen molar-refractivity contribution in [2.24, 2.45) is 0 Å². The molecule has 19 heavy (non-hydrogen) atoms. The van der Waals surface area contributed by atoms with E-state index in [1.165, 1.54) is 28.8 Å². The van der Waals surface area contributed by atoms with E-state index < -0.39 is 0 Å². The Labute approximate surface area is 117 Å². The van der Waals surface area contributed by atoms with Gasteiger partial charge in [-0.25, -0.2) is 0 Å². The molecule has 1 aromatic carbocycles. The van der Waals surface area contributed by atoms with Gasteiger partial charge in [0, 0.05) is 19.3 Å². The van der Waals surface area contributed by atoms with E-state index >= 15 is 0 Å². The molecule has 1 N–H and O–H groups in total. The second-order valence-electron chi connectivity index (χ2n) is 4.91. The SMILES string of the molecule is C=Cc1cc(C)c(N(CCCC)C(=C)NC)c(C)c1. The molecule has 0 amide bonds. The summed E-state index contributed by atoms with van der Waals surface area (Å²) in [5.41, 5.74) is 4.97. The highest BCUT2D eigenvalue weighted by atomic mass is 15.2. The van der Waals surface area contributed by atoms with Crippen molar-refractivity contribution in [2.45, 2.75) is 33.6 Å². The Hall–Kier alpha value is -1.70. The highest BCUT2D eigenvalue weighted by Gasteiger charge is 2.14. The number of rotatable bonds is 7. The molecule has 1 aromatic rings. The molecule has 0 saturated heterocycles. The summed E-state index contributed by atoms with van der Waals surface area (Å²) in [5, 5.41) is 3.17. The van der Waals surface area contributed by atoms with Crippen molar-refractivity contribution >= 4 is 11.8 Å². The molecule has 0 atom stereocenters. The van der Waals surface area contributed by atoms with E-state index in [9.17, 15) is 0 Å². The first-order chi connectivity index (χ1) is 9.04. The molecule has 0 heterocycles. The van der Waals surface area contributed by atoms with Gasteiger partial charge in [-0.3, -0.25) is 0 Å². The molecular weight excluding hydrogens is 232 g/mol. The zero-order chi connectivity index (χ0) is 14.4. The fourth-order valence-electron chi connectivity index (χ4n) is 2.37. The van der Waals surface area contributed by atoms with E-state index in [1.807, 2.05) is 13.1 Å². The topological polar surface area (TPSA) is 15.3 Å². The van der Waals surface area contributed by atoms with Crippen LogP contribution in [0.4, 0.5) is 5.69 Å². The normalized spacial score (nSPS) is 10.1. The molecular formula is C17H26N2. The summed E-state index contributed by atoms with van der Waals surface area (Å²) in [5.74, 6) is 0.950. The van der Waals surface area contributed by atoms with Gasteiger partial charge in [-0.05, 0) is 49.1 Å². The first-order valence-corrected chi connectivity index (χ1v) is 6.93. The molecule has 0 aromatic heterocycles. The maximum Gasteiger partial charge on any atom is 0.0981 e. The van der Waals surface area contributed by atoms with Crippen LogP contribution in [0.15, 0.2) is 31.1 Å². The Bertz CT molecular complexity index is 437. The van der Waals surface area contributed by atoms with Crippen LogP contribution in [0.2, 0.25) is 0 Å². The average molecular weight is 258 g/mol. The lowest BCUT2D eigenvalue weighted by Gasteiger charge is -2.30. The van der Waals surface area contributed by atoms with Crippen LogP contribution in [0.5, 0.6) is 0 Å². The van der Waals surface area contributed by atoms with E-state index in [0.29, 0.717) is 0 Å². The number of aryl methyl sites for hydroxylation is 2. The van der Waals surface area contributed by atoms with Gasteiger partial charge >= 0.3 is 0 Å². The van der Waals surface area contributed by atoms with Crippen LogP contribution in [0.3, 0.4) is 0 Å². The van der Waals surface area contributed by atoms with E-state index in [-0.39, 0.29) is 0 Å². The Morgan fingerprint density at radius 3 is 2.32 bits per heavy atom. The van der Waals surface area contributed by atoms with E-state index in [2.05, 4.69) is 56.3 Å². The van der Waals surface area contributed by atoms with E-state index in [4.69, 9.17) is 0 Å². The Balaban J connectivity index is 3.21. The van der Waals surface area contributed by atoms with Crippen LogP contribution in [-0.2, 0) is 0 Å². The molecule has 104 valence electrons. The minimum absolute atomic E-state index is 0.950. The Kier molecular flexibility index (Phi) is 5.68. The molecule has 0 aliphatic carbocycles. The van der Waals surface area contributed by atoms with Crippen molar-refractivity contribution in [1.82, 2.24) is 5.32 Å². The monoisotopic (exact) mass is 258 g/mol. The average Bonchev–Trinajstić information content (AvgIpc) is 2.40. The van der Waals surface area contributed by atoms with Crippen LogP contribution in [0.1, 0.15) is 36.5 Å². The highest BCUT2D eigenvalue weighted by Crippen LogP contribution is 2.29. The number of anilines is 1. The summed E-state index contributed by atoms with van der Waals surface area (Å²) >= 11 is 0. The molecule has 2 nitrogen and oxygen atoms in total. The third-order valence-corrected chi connectivity index (χ3v) is 3.37. The summed E-state index contributed by atoms with van der Waals surface area (Å²) < 4.78 is 0. The Morgan fingerprint density at radius 2 is 1.89 bits per heavy atom. The van der Waals surface area contributed by atoms with Gasteiger partial charge in [0.25, 0.3) is 0 Å². The van der Waals surface area contributed by atoms with E-state index in [0.717, 1.165) is 18.8 Å². The summed E-state index contributed by atoms with van der Waals surface area (Å²) in [7, 11) is 1.92. The molecule has 0 fully saturated rings. The smallest absolute Gasteiger partial charge is 0.0981 e. The lowest BCUT2D eigenvalue weighted by Crippen LogP contribution is -2.31. The first-order valence-electron chi connectivity index (χ1n) is 6.93. The third kappa shape index (κ3) is 3.63. The summed E-state index contributed by atoms with van der Waals surface area (Å²) in [4.78, 5) is 2.28. The number of hydrogen-bond donors (Lipinski definition) is 1. The molecule has 1 rings (SSSR count). The molecule has 0 aliphatic heterocycles. The van der Waals surface area contributed by atoms with Crippen molar-refractivity contribution in [2.75, 3.05) is 18.5 Å². The zero-order valence-electron chi connectivity index (χ0n) is 12.7. The maximum absolute atomic E-state index is 4.12. The minimum atomic E-state index is 0.950. The second kappa shape index (κ2) is 7.03. The predicted molar refractivity (Wildman–Crippen MR) is 86.5 cm³/mol. The van der Waals surface area contributed by atoms with Crippen molar-refractivity contribution in [3.63, 3.8) is 0 Å². The van der Waals surface area contributed by atoms with Gasteiger partial charge in [0.2, 0.25) is 0 Å². The molecule has 0 unspecified atom stereocenters. The molecule has 2 heteroatoms. The van der Waals surface area contributed by atoms with Crippen LogP contribution in [0.25, 0.3) is 6.08 Å². The summed E-state index contributed by atoms with van der Waals surface area (Å²) in [6, 6.07) is 4.36. The number of benzene rings is 1. The minimum Gasteiger partial charge on any atom is -0.375 e. The molecule has 0 radical (unpaired) electrons. The maximum atomic E-state index is 4.12. The van der Waals surface area contributed by atoms with Gasteiger partial charge in [0.05, 0.1) is 5.82 Å². The first kappa shape index (κ1) is 15.4. The van der Waals surface area contributed by atoms with Crippen LogP contribution < -0.4 is 10.2 Å². The molecule has 0 bridgehead atoms. The van der Waals surface area contributed by atoms with Crippen molar-refractivity contribution in [3.8, 4) is 0 Å². The second-order valence-corrected chi connectivity index (χ2v) is 4.91. The molecule has 0 aliphatic rings. The summed E-state index contributed by atoms with van der Waals surface area (Å²) in [6.45, 7) is 15.5. The van der Waals surface area contributed by atoms with Crippen LogP contribution >= 0.6 is 0 Å². The molecule has 0 saturated carbocycles. The van der Waals surface area contributed by atoms with Crippen LogP contribution in [-0.4, -0.2) is 13.6 Å². The van der Waals surface area contributed by atoms with Crippen molar-refractivity contribution in [1.29, 1.82) is 0 Å². The number of nitrogens with zero attached hydrogens (tertiary/aromatic N) is 1. The largest absolute Gasteiger partial charge is 0.375 e. The van der Waals surface area contributed by atoms with Crippen molar-refractivity contribution in [3.05, 3.63) is 47.8 Å². The van der Waals surface area contributed by atoms with E-state index in [1.54, 1.807) is 0 Å². The quantitative estimate of drug-likeness (QED) is 0.787. The lowest BCUT2D eigenvalue weighted by molar-refractivity contribution is 0.736. The molecule has 0 spiro atoms. The van der Waals surface area contributed by atoms with Gasteiger partial charge in [0.1, 0.15) is 0 Å². The fourth-order valence-corrected chi connectivity index (χ4v) is 2.37. The Morgan fingerprint density at radius 1 is 1.32 bits per heavy atom. The van der Waals surface area contributed by atoms with Gasteiger partial charge < -0.3 is 10.2 Å². The predicted octanol–water partition coefficient (Wildman–Crippen LogP) is 4.24. The van der Waals surface area contributed by atoms with Crippen LogP contribution in [0, 0.1) is 13.8 Å².